The monoisotopic (exact) mass is 338 g/mol. The summed E-state index contributed by atoms with van der Waals surface area (Å²) in [7, 11) is 0. The maximum atomic E-state index is 10.3. The third-order valence-electron chi connectivity index (χ3n) is 3.34. The maximum Gasteiger partial charge on any atom is 0.0845 e. The Morgan fingerprint density at radius 2 is 1.89 bits per heavy atom. The molecule has 2 rings (SSSR count). The van der Waals surface area contributed by atoms with Gasteiger partial charge in [0.15, 0.2) is 0 Å². The van der Waals surface area contributed by atoms with Crippen molar-refractivity contribution in [1.29, 1.82) is 0 Å². The molecule has 0 aliphatic heterocycles. The Kier molecular flexibility index (Phi) is 4.67. The zero-order chi connectivity index (χ0) is 14.0. The lowest BCUT2D eigenvalue weighted by molar-refractivity contribution is 0.178. The van der Waals surface area contributed by atoms with E-state index in [0.29, 0.717) is 11.4 Å². The van der Waals surface area contributed by atoms with Crippen molar-refractivity contribution in [3.8, 4) is 0 Å². The minimum Gasteiger partial charge on any atom is -0.388 e. The molecular formula is C16H16BrClO. The van der Waals surface area contributed by atoms with Gasteiger partial charge < -0.3 is 5.11 Å². The number of aliphatic hydroxyl groups is 1. The second-order valence-electron chi connectivity index (χ2n) is 4.78. The molecule has 0 aliphatic rings. The van der Waals surface area contributed by atoms with Crippen LogP contribution in [0.5, 0.6) is 0 Å². The van der Waals surface area contributed by atoms with E-state index in [1.807, 2.05) is 18.2 Å². The Morgan fingerprint density at radius 3 is 2.58 bits per heavy atom. The molecule has 0 saturated carbocycles. The molecule has 100 valence electrons. The van der Waals surface area contributed by atoms with Gasteiger partial charge in [-0.05, 0) is 52.5 Å². The lowest BCUT2D eigenvalue weighted by atomic mass is 9.98. The topological polar surface area (TPSA) is 20.2 Å². The van der Waals surface area contributed by atoms with Crippen molar-refractivity contribution in [2.75, 3.05) is 0 Å². The summed E-state index contributed by atoms with van der Waals surface area (Å²) >= 11 is 9.58. The molecule has 2 aromatic rings. The molecule has 1 unspecified atom stereocenters. The highest BCUT2D eigenvalue weighted by atomic mass is 79.9. The highest BCUT2D eigenvalue weighted by Crippen LogP contribution is 2.31. The largest absolute Gasteiger partial charge is 0.388 e. The van der Waals surface area contributed by atoms with Crippen LogP contribution < -0.4 is 0 Å². The highest BCUT2D eigenvalue weighted by Gasteiger charge is 2.14. The molecule has 3 heteroatoms. The van der Waals surface area contributed by atoms with Crippen LogP contribution in [0.15, 0.2) is 40.9 Å². The Labute approximate surface area is 127 Å². The van der Waals surface area contributed by atoms with Crippen LogP contribution in [0.2, 0.25) is 5.02 Å². The zero-order valence-electron chi connectivity index (χ0n) is 11.0. The normalized spacial score (nSPS) is 12.5. The minimum atomic E-state index is -0.591. The molecule has 0 amide bonds. The first kappa shape index (κ1) is 14.6. The number of hydrogen-bond donors (Lipinski definition) is 1. The van der Waals surface area contributed by atoms with Crippen LogP contribution in [0.1, 0.15) is 28.4 Å². The molecule has 0 bridgehead atoms. The standard InChI is InChI=1S/C16H16BrClO/c1-10-6-7-12(8-11(10)2)9-15(19)13-4-3-5-14(17)16(13)18/h3-8,15,19H,9H2,1-2H3. The summed E-state index contributed by atoms with van der Waals surface area (Å²) in [6, 6.07) is 11.9. The van der Waals surface area contributed by atoms with Crippen molar-refractivity contribution in [2.24, 2.45) is 0 Å². The molecule has 0 aliphatic carbocycles. The van der Waals surface area contributed by atoms with Gasteiger partial charge >= 0.3 is 0 Å². The van der Waals surface area contributed by atoms with Crippen LogP contribution in [0.3, 0.4) is 0 Å². The molecule has 0 heterocycles. The van der Waals surface area contributed by atoms with Gasteiger partial charge in [0.2, 0.25) is 0 Å². The van der Waals surface area contributed by atoms with Crippen molar-refractivity contribution in [3.63, 3.8) is 0 Å². The number of aliphatic hydroxyl groups excluding tert-OH is 1. The van der Waals surface area contributed by atoms with Crippen LogP contribution in [0, 0.1) is 13.8 Å². The number of halogens is 2. The van der Waals surface area contributed by atoms with E-state index in [0.717, 1.165) is 15.6 Å². The predicted molar refractivity (Wildman–Crippen MR) is 83.7 cm³/mol. The summed E-state index contributed by atoms with van der Waals surface area (Å²) < 4.78 is 0.811. The van der Waals surface area contributed by atoms with Crippen molar-refractivity contribution in [3.05, 3.63) is 68.1 Å². The molecule has 0 saturated heterocycles. The SMILES string of the molecule is Cc1ccc(CC(O)c2cccc(Br)c2Cl)cc1C. The highest BCUT2D eigenvalue weighted by molar-refractivity contribution is 9.10. The molecule has 19 heavy (non-hydrogen) atoms. The molecule has 1 nitrogen and oxygen atoms in total. The van der Waals surface area contributed by atoms with Gasteiger partial charge in [-0.1, -0.05) is 41.9 Å². The number of hydrogen-bond acceptors (Lipinski definition) is 1. The Morgan fingerprint density at radius 1 is 1.16 bits per heavy atom. The van der Waals surface area contributed by atoms with Gasteiger partial charge in [0, 0.05) is 16.5 Å². The average molecular weight is 340 g/mol. The second-order valence-corrected chi connectivity index (χ2v) is 6.01. The molecule has 0 aromatic heterocycles. The first-order valence-electron chi connectivity index (χ1n) is 6.17. The summed E-state index contributed by atoms with van der Waals surface area (Å²) in [5, 5.41) is 10.9. The van der Waals surface area contributed by atoms with Crippen molar-refractivity contribution < 1.29 is 5.11 Å². The fourth-order valence-electron chi connectivity index (χ4n) is 2.04. The van der Waals surface area contributed by atoms with Crippen LogP contribution in [-0.2, 0) is 6.42 Å². The van der Waals surface area contributed by atoms with Crippen LogP contribution in [0.25, 0.3) is 0 Å². The number of aryl methyl sites for hydroxylation is 2. The first-order valence-corrected chi connectivity index (χ1v) is 7.34. The van der Waals surface area contributed by atoms with E-state index in [4.69, 9.17) is 11.6 Å². The fourth-order valence-corrected chi connectivity index (χ4v) is 2.68. The van der Waals surface area contributed by atoms with E-state index in [9.17, 15) is 5.11 Å². The second kappa shape index (κ2) is 6.08. The van der Waals surface area contributed by atoms with E-state index in [2.05, 4.69) is 48.0 Å². The molecule has 1 atom stereocenters. The molecular weight excluding hydrogens is 324 g/mol. The summed E-state index contributed by atoms with van der Waals surface area (Å²) in [5.74, 6) is 0. The van der Waals surface area contributed by atoms with Gasteiger partial charge in [-0.3, -0.25) is 0 Å². The Hall–Kier alpha value is -0.830. The maximum absolute atomic E-state index is 10.3. The van der Waals surface area contributed by atoms with E-state index in [1.165, 1.54) is 11.1 Å². The lowest BCUT2D eigenvalue weighted by Gasteiger charge is -2.14. The first-order chi connectivity index (χ1) is 8.99. The van der Waals surface area contributed by atoms with E-state index in [-0.39, 0.29) is 0 Å². The van der Waals surface area contributed by atoms with Gasteiger partial charge in [0.25, 0.3) is 0 Å². The number of rotatable bonds is 3. The van der Waals surface area contributed by atoms with Gasteiger partial charge in [0.1, 0.15) is 0 Å². The Balaban J connectivity index is 2.23. The van der Waals surface area contributed by atoms with E-state index in [1.54, 1.807) is 0 Å². The fraction of sp³-hybridized carbons (Fsp3) is 0.250. The summed E-state index contributed by atoms with van der Waals surface area (Å²) in [6.07, 6.45) is -0.0239. The van der Waals surface area contributed by atoms with Crippen molar-refractivity contribution in [2.45, 2.75) is 26.4 Å². The average Bonchev–Trinajstić information content (AvgIpc) is 2.37. The zero-order valence-corrected chi connectivity index (χ0v) is 13.3. The van der Waals surface area contributed by atoms with Crippen molar-refractivity contribution >= 4 is 27.5 Å². The number of benzene rings is 2. The third kappa shape index (κ3) is 3.38. The summed E-state index contributed by atoms with van der Waals surface area (Å²) in [5.41, 5.74) is 4.38. The third-order valence-corrected chi connectivity index (χ3v) is 4.65. The summed E-state index contributed by atoms with van der Waals surface area (Å²) in [6.45, 7) is 4.16. The van der Waals surface area contributed by atoms with Crippen molar-refractivity contribution in [1.82, 2.24) is 0 Å². The molecule has 1 N–H and O–H groups in total. The van der Waals surface area contributed by atoms with E-state index < -0.39 is 6.10 Å². The van der Waals surface area contributed by atoms with E-state index >= 15 is 0 Å². The van der Waals surface area contributed by atoms with Gasteiger partial charge in [-0.15, -0.1) is 0 Å². The summed E-state index contributed by atoms with van der Waals surface area (Å²) in [4.78, 5) is 0. The van der Waals surface area contributed by atoms with Gasteiger partial charge in [-0.2, -0.15) is 0 Å². The van der Waals surface area contributed by atoms with Gasteiger partial charge in [0.05, 0.1) is 11.1 Å². The van der Waals surface area contributed by atoms with Crippen LogP contribution in [0.4, 0.5) is 0 Å². The minimum absolute atomic E-state index is 0.567. The molecule has 0 spiro atoms. The molecule has 0 fully saturated rings. The predicted octanol–water partition coefficient (Wildman–Crippen LogP) is 5.00. The van der Waals surface area contributed by atoms with Crippen LogP contribution >= 0.6 is 27.5 Å². The quantitative estimate of drug-likeness (QED) is 0.834. The smallest absolute Gasteiger partial charge is 0.0845 e. The van der Waals surface area contributed by atoms with Gasteiger partial charge in [-0.25, -0.2) is 0 Å². The lowest BCUT2D eigenvalue weighted by Crippen LogP contribution is -2.03. The van der Waals surface area contributed by atoms with Crippen LogP contribution in [-0.4, -0.2) is 5.11 Å². The molecule has 2 aromatic carbocycles. The molecule has 0 radical (unpaired) electrons. The Bertz CT molecular complexity index is 595.